The van der Waals surface area contributed by atoms with Crippen molar-refractivity contribution in [3.05, 3.63) is 74.0 Å². The molecule has 1 aromatic carbocycles. The van der Waals surface area contributed by atoms with Gasteiger partial charge in [-0.15, -0.1) is 16.4 Å². The molecule has 3 aromatic heterocycles. The molecule has 33 heavy (non-hydrogen) atoms. The van der Waals surface area contributed by atoms with Gasteiger partial charge in [-0.3, -0.25) is 9.69 Å². The Hall–Kier alpha value is -2.84. The zero-order valence-electron chi connectivity index (χ0n) is 20.0. The van der Waals surface area contributed by atoms with Gasteiger partial charge in [0.25, 0.3) is 5.56 Å². The van der Waals surface area contributed by atoms with Crippen molar-refractivity contribution in [2.24, 2.45) is 0 Å². The number of pyridine rings is 1. The lowest BCUT2D eigenvalue weighted by atomic mass is 10.0. The average Bonchev–Trinajstić information content (AvgIpc) is 3.48. The average molecular weight is 465 g/mol. The number of hydrogen-bond donors (Lipinski definition) is 1. The van der Waals surface area contributed by atoms with Gasteiger partial charge >= 0.3 is 0 Å². The van der Waals surface area contributed by atoms with Crippen molar-refractivity contribution in [1.29, 1.82) is 0 Å². The Labute approximate surface area is 198 Å². The number of nitrogens with one attached hydrogen (secondary N) is 1. The molecule has 8 heteroatoms. The fourth-order valence-corrected chi connectivity index (χ4v) is 4.90. The normalized spacial score (nSPS) is 13.2. The van der Waals surface area contributed by atoms with Crippen molar-refractivity contribution in [2.45, 2.75) is 72.1 Å². The van der Waals surface area contributed by atoms with Gasteiger partial charge in [0.2, 0.25) is 0 Å². The number of nitrogens with zero attached hydrogens (tertiary/aromatic N) is 5. The number of rotatable bonds is 9. The number of benzene rings is 1. The highest BCUT2D eigenvalue weighted by molar-refractivity contribution is 7.09. The van der Waals surface area contributed by atoms with E-state index in [0.29, 0.717) is 6.54 Å². The van der Waals surface area contributed by atoms with Gasteiger partial charge in [-0.2, -0.15) is 0 Å². The summed E-state index contributed by atoms with van der Waals surface area (Å²) in [4.78, 5) is 19.6. The first kappa shape index (κ1) is 23.3. The Morgan fingerprint density at radius 3 is 2.70 bits per heavy atom. The summed E-state index contributed by atoms with van der Waals surface area (Å²) >= 11 is 1.72. The Kier molecular flexibility index (Phi) is 6.76. The largest absolute Gasteiger partial charge is 0.322 e. The quantitative estimate of drug-likeness (QED) is 0.369. The molecule has 0 unspecified atom stereocenters. The van der Waals surface area contributed by atoms with Crippen LogP contribution in [0.4, 0.5) is 0 Å². The highest BCUT2D eigenvalue weighted by atomic mass is 32.1. The molecule has 0 amide bonds. The van der Waals surface area contributed by atoms with Crippen LogP contribution >= 0.6 is 11.3 Å². The molecule has 4 aromatic rings. The minimum Gasteiger partial charge on any atom is -0.322 e. The van der Waals surface area contributed by atoms with Gasteiger partial charge in [0, 0.05) is 29.0 Å². The van der Waals surface area contributed by atoms with E-state index in [0.717, 1.165) is 41.7 Å². The molecule has 7 nitrogen and oxygen atoms in total. The summed E-state index contributed by atoms with van der Waals surface area (Å²) in [5, 5.41) is 16.0. The summed E-state index contributed by atoms with van der Waals surface area (Å²) in [6.45, 7) is 11.9. The summed E-state index contributed by atoms with van der Waals surface area (Å²) in [5.41, 5.74) is 2.53. The zero-order valence-corrected chi connectivity index (χ0v) is 20.8. The van der Waals surface area contributed by atoms with Crippen LogP contribution in [0.2, 0.25) is 0 Å². The third-order valence-corrected chi connectivity index (χ3v) is 7.31. The van der Waals surface area contributed by atoms with E-state index in [-0.39, 0.29) is 17.1 Å². The molecule has 4 rings (SSSR count). The zero-order chi connectivity index (χ0) is 23.6. The van der Waals surface area contributed by atoms with E-state index in [2.05, 4.69) is 83.6 Å². The molecule has 0 spiro atoms. The Morgan fingerprint density at radius 1 is 1.18 bits per heavy atom. The van der Waals surface area contributed by atoms with Gasteiger partial charge in [-0.05, 0) is 79.1 Å². The number of aryl methyl sites for hydroxylation is 1. The monoisotopic (exact) mass is 464 g/mol. The van der Waals surface area contributed by atoms with E-state index in [1.54, 1.807) is 11.3 Å². The molecule has 1 atom stereocenters. The number of thiophene rings is 1. The van der Waals surface area contributed by atoms with Crippen molar-refractivity contribution in [2.75, 3.05) is 0 Å². The van der Waals surface area contributed by atoms with E-state index in [1.807, 2.05) is 22.9 Å². The Balaban J connectivity index is 1.76. The highest BCUT2D eigenvalue weighted by Gasteiger charge is 2.31. The lowest BCUT2D eigenvalue weighted by Crippen LogP contribution is -2.35. The second-order valence-electron chi connectivity index (χ2n) is 9.24. The summed E-state index contributed by atoms with van der Waals surface area (Å²) < 4.78 is 1.95. The van der Waals surface area contributed by atoms with Gasteiger partial charge in [-0.25, -0.2) is 4.68 Å². The molecule has 0 saturated carbocycles. The van der Waals surface area contributed by atoms with Crippen LogP contribution in [0.3, 0.4) is 0 Å². The number of aromatic amines is 1. The lowest BCUT2D eigenvalue weighted by Gasteiger charge is -2.32. The van der Waals surface area contributed by atoms with E-state index in [4.69, 9.17) is 0 Å². The molecular weight excluding hydrogens is 432 g/mol. The highest BCUT2D eigenvalue weighted by Crippen LogP contribution is 2.30. The van der Waals surface area contributed by atoms with Crippen LogP contribution in [0.5, 0.6) is 0 Å². The summed E-state index contributed by atoms with van der Waals surface area (Å²) in [5.74, 6) is 0.842. The summed E-state index contributed by atoms with van der Waals surface area (Å²) in [6, 6.07) is 12.3. The van der Waals surface area contributed by atoms with E-state index < -0.39 is 0 Å². The SMILES string of the molecule is CC[C@@H](c1nnnn1C(C)(C)CC)N(Cc1cccs1)Cc1cc2cc(C)ccc2[nH]c1=O. The molecule has 1 N–H and O–H groups in total. The van der Waals surface area contributed by atoms with Crippen molar-refractivity contribution in [1.82, 2.24) is 30.1 Å². The molecule has 0 saturated heterocycles. The molecule has 0 bridgehead atoms. The maximum absolute atomic E-state index is 13.0. The van der Waals surface area contributed by atoms with E-state index in [1.165, 1.54) is 10.4 Å². The number of tetrazole rings is 1. The summed E-state index contributed by atoms with van der Waals surface area (Å²) in [7, 11) is 0. The molecule has 174 valence electrons. The molecule has 0 radical (unpaired) electrons. The van der Waals surface area contributed by atoms with Crippen LogP contribution in [0.1, 0.15) is 68.4 Å². The molecule has 0 aliphatic carbocycles. The molecular formula is C25H32N6OS. The third-order valence-electron chi connectivity index (χ3n) is 6.45. The van der Waals surface area contributed by atoms with Crippen LogP contribution < -0.4 is 5.56 Å². The number of H-pyrrole nitrogens is 1. The fraction of sp³-hybridized carbons (Fsp3) is 0.440. The fourth-order valence-electron chi connectivity index (χ4n) is 4.17. The second kappa shape index (κ2) is 9.57. The third kappa shape index (κ3) is 4.91. The van der Waals surface area contributed by atoms with E-state index in [9.17, 15) is 4.79 Å². The number of hydrogen-bond acceptors (Lipinski definition) is 6. The van der Waals surface area contributed by atoms with Crippen molar-refractivity contribution in [3.63, 3.8) is 0 Å². The van der Waals surface area contributed by atoms with Crippen molar-refractivity contribution >= 4 is 22.2 Å². The lowest BCUT2D eigenvalue weighted by molar-refractivity contribution is 0.152. The first-order valence-corrected chi connectivity index (χ1v) is 12.4. The van der Waals surface area contributed by atoms with Crippen LogP contribution in [0.15, 0.2) is 46.6 Å². The second-order valence-corrected chi connectivity index (χ2v) is 10.3. The van der Waals surface area contributed by atoms with Gasteiger partial charge in [0.1, 0.15) is 0 Å². The van der Waals surface area contributed by atoms with Gasteiger partial charge < -0.3 is 4.98 Å². The van der Waals surface area contributed by atoms with Crippen LogP contribution in [-0.2, 0) is 18.6 Å². The van der Waals surface area contributed by atoms with Gasteiger partial charge in [0.05, 0.1) is 11.6 Å². The molecule has 0 fully saturated rings. The molecule has 0 aliphatic heterocycles. The number of aromatic nitrogens is 5. The first-order valence-electron chi connectivity index (χ1n) is 11.5. The predicted molar refractivity (Wildman–Crippen MR) is 133 cm³/mol. The van der Waals surface area contributed by atoms with Gasteiger partial charge in [0.15, 0.2) is 5.82 Å². The Morgan fingerprint density at radius 2 is 2.00 bits per heavy atom. The smallest absolute Gasteiger partial charge is 0.252 e. The van der Waals surface area contributed by atoms with Crippen LogP contribution in [0.25, 0.3) is 10.9 Å². The van der Waals surface area contributed by atoms with Crippen molar-refractivity contribution < 1.29 is 0 Å². The maximum Gasteiger partial charge on any atom is 0.252 e. The number of fused-ring (bicyclic) bond motifs is 1. The predicted octanol–water partition coefficient (Wildman–Crippen LogP) is 5.18. The molecule has 3 heterocycles. The van der Waals surface area contributed by atoms with Crippen LogP contribution in [0, 0.1) is 6.92 Å². The maximum atomic E-state index is 13.0. The minimum absolute atomic E-state index is 0.0273. The minimum atomic E-state index is -0.196. The van der Waals surface area contributed by atoms with E-state index >= 15 is 0 Å². The topological polar surface area (TPSA) is 79.7 Å². The van der Waals surface area contributed by atoms with Crippen molar-refractivity contribution in [3.8, 4) is 0 Å². The first-order chi connectivity index (χ1) is 15.8. The summed E-state index contributed by atoms with van der Waals surface area (Å²) in [6.07, 6.45) is 1.74. The standard InChI is InChI=1S/C25H32N6OS/c1-6-22(23-27-28-29-31(23)25(4,5)7-2)30(16-20-9-8-12-33-20)15-19-14-18-13-17(3)10-11-21(18)26-24(19)32/h8-14,22H,6-7,15-16H2,1-5H3,(H,26,32)/t22-/m0/s1. The molecule has 0 aliphatic rings. The van der Waals surface area contributed by atoms with Crippen LogP contribution in [-0.4, -0.2) is 30.1 Å². The Bertz CT molecular complexity index is 1270. The van der Waals surface area contributed by atoms with Gasteiger partial charge in [-0.1, -0.05) is 31.5 Å².